The molecule has 1 aliphatic rings. The molecule has 12 heteroatoms. The van der Waals surface area contributed by atoms with Crippen LogP contribution in [0.25, 0.3) is 11.5 Å². The van der Waals surface area contributed by atoms with Crippen LogP contribution in [0, 0.1) is 11.6 Å². The minimum atomic E-state index is -0.945. The molecule has 172 valence electrons. The highest BCUT2D eigenvalue weighted by Crippen LogP contribution is 2.26. The zero-order valence-electron chi connectivity index (χ0n) is 17.5. The Morgan fingerprint density at radius 3 is 2.88 bits per heavy atom. The molecular weight excluding hydrogens is 446 g/mol. The maximum absolute atomic E-state index is 14.3. The van der Waals surface area contributed by atoms with Gasteiger partial charge in [-0.05, 0) is 30.3 Å². The van der Waals surface area contributed by atoms with E-state index in [1.54, 1.807) is 30.5 Å². The van der Waals surface area contributed by atoms with Gasteiger partial charge in [0.2, 0.25) is 0 Å². The van der Waals surface area contributed by atoms with E-state index in [0.29, 0.717) is 17.1 Å². The molecule has 4 heterocycles. The summed E-state index contributed by atoms with van der Waals surface area (Å²) in [6.07, 6.45) is 6.22. The van der Waals surface area contributed by atoms with E-state index in [-0.39, 0.29) is 35.5 Å². The van der Waals surface area contributed by atoms with Crippen LogP contribution < -0.4 is 16.5 Å². The summed E-state index contributed by atoms with van der Waals surface area (Å²) in [4.78, 5) is 28.7. The normalized spacial score (nSPS) is 14.8. The first-order chi connectivity index (χ1) is 16.5. The Kier molecular flexibility index (Phi) is 5.47. The van der Waals surface area contributed by atoms with E-state index in [2.05, 4.69) is 30.8 Å². The van der Waals surface area contributed by atoms with Crippen LogP contribution in [0.15, 0.2) is 61.1 Å². The van der Waals surface area contributed by atoms with Crippen molar-refractivity contribution in [2.75, 3.05) is 11.1 Å². The first-order valence-electron chi connectivity index (χ1n) is 10.2. The molecule has 1 aromatic carbocycles. The number of aromatic amines is 1. The number of carbonyl (C=O) groups is 1. The lowest BCUT2D eigenvalue weighted by atomic mass is 10.1. The molecule has 1 unspecified atom stereocenters. The van der Waals surface area contributed by atoms with Crippen molar-refractivity contribution in [3.8, 4) is 11.5 Å². The summed E-state index contributed by atoms with van der Waals surface area (Å²) in [5, 5.41) is 7.13. The molecule has 1 aliphatic heterocycles. The lowest BCUT2D eigenvalue weighted by Crippen LogP contribution is -2.18. The molecule has 1 amide bonds. The second-order valence-corrected chi connectivity index (χ2v) is 7.40. The fraction of sp³-hybridized carbons (Fsp3) is 0.0909. The minimum absolute atomic E-state index is 0.0370. The van der Waals surface area contributed by atoms with Crippen LogP contribution in [0.2, 0.25) is 0 Å². The highest BCUT2D eigenvalue weighted by molar-refractivity contribution is 6.04. The molecule has 0 radical (unpaired) electrons. The summed E-state index contributed by atoms with van der Waals surface area (Å²) < 4.78 is 29.5. The van der Waals surface area contributed by atoms with Crippen LogP contribution in [0.5, 0.6) is 0 Å². The third-order valence-corrected chi connectivity index (χ3v) is 5.15. The third-order valence-electron chi connectivity index (χ3n) is 5.15. The summed E-state index contributed by atoms with van der Waals surface area (Å²) in [7, 11) is 0. The molecule has 1 atom stereocenters. The van der Waals surface area contributed by atoms with E-state index in [4.69, 9.17) is 10.6 Å². The lowest BCUT2D eigenvalue weighted by Gasteiger charge is -2.12. The molecule has 0 bridgehead atoms. The summed E-state index contributed by atoms with van der Waals surface area (Å²) >= 11 is 0. The number of nitrogens with zero attached hydrogens (tertiary/aromatic N) is 4. The number of hydroxylamine groups is 1. The first kappa shape index (κ1) is 21.3. The van der Waals surface area contributed by atoms with Gasteiger partial charge < -0.3 is 20.9 Å². The lowest BCUT2D eigenvalue weighted by molar-refractivity contribution is 0.102. The Morgan fingerprint density at radius 1 is 1.26 bits per heavy atom. The van der Waals surface area contributed by atoms with Crippen LogP contribution in [0.1, 0.15) is 27.8 Å². The van der Waals surface area contributed by atoms with Crippen molar-refractivity contribution in [2.45, 2.75) is 12.6 Å². The molecular formula is C22H18F2N8O2. The molecule has 0 spiro atoms. The Labute approximate surface area is 191 Å². The molecule has 0 aliphatic carbocycles. The van der Waals surface area contributed by atoms with Gasteiger partial charge in [-0.25, -0.2) is 18.7 Å². The van der Waals surface area contributed by atoms with Crippen LogP contribution in [0.4, 0.5) is 20.3 Å². The molecule has 34 heavy (non-hydrogen) atoms. The fourth-order valence-corrected chi connectivity index (χ4v) is 3.45. The van der Waals surface area contributed by atoms with E-state index in [9.17, 15) is 13.6 Å². The Bertz CT molecular complexity index is 1380. The van der Waals surface area contributed by atoms with Crippen LogP contribution in [0.3, 0.4) is 0 Å². The largest absolute Gasteiger partial charge is 0.416 e. The molecule has 0 saturated carbocycles. The molecule has 3 aromatic heterocycles. The van der Waals surface area contributed by atoms with Crippen LogP contribution in [-0.4, -0.2) is 30.6 Å². The Balaban J connectivity index is 1.46. The van der Waals surface area contributed by atoms with E-state index in [1.807, 2.05) is 0 Å². The molecule has 5 rings (SSSR count). The van der Waals surface area contributed by atoms with E-state index in [1.165, 1.54) is 29.3 Å². The highest BCUT2D eigenvalue weighted by Gasteiger charge is 2.23. The van der Waals surface area contributed by atoms with Crippen molar-refractivity contribution >= 4 is 17.4 Å². The van der Waals surface area contributed by atoms with Crippen molar-refractivity contribution in [2.24, 2.45) is 0 Å². The summed E-state index contributed by atoms with van der Waals surface area (Å²) in [5.41, 5.74) is 10.5. The minimum Gasteiger partial charge on any atom is -0.416 e. The average molecular weight is 464 g/mol. The van der Waals surface area contributed by atoms with Crippen molar-refractivity contribution in [3.63, 3.8) is 0 Å². The molecule has 4 aromatic rings. The zero-order chi connectivity index (χ0) is 23.7. The van der Waals surface area contributed by atoms with Gasteiger partial charge in [0.15, 0.2) is 23.3 Å². The van der Waals surface area contributed by atoms with Crippen molar-refractivity contribution in [1.29, 1.82) is 0 Å². The fourth-order valence-electron chi connectivity index (χ4n) is 3.45. The number of rotatable bonds is 6. The number of halogens is 2. The van der Waals surface area contributed by atoms with Gasteiger partial charge in [0.05, 0.1) is 18.4 Å². The smallest absolute Gasteiger partial charge is 0.272 e. The quantitative estimate of drug-likeness (QED) is 0.344. The van der Waals surface area contributed by atoms with Gasteiger partial charge in [-0.15, -0.1) is 5.48 Å². The van der Waals surface area contributed by atoms with Gasteiger partial charge in [-0.1, -0.05) is 12.1 Å². The standard InChI is InChI=1S/C22H18F2N8O2/c23-13-4-1-3-12(19(13)24)11-32-18(14-6-8-34-31-14)9-16(30-32)21-27-10-17(20(25)29-21)28-22(33)15-5-2-7-26-15/h1-10,14,26,31H,11H2,(H,28,33)(H2,25,27,29). The molecule has 0 saturated heterocycles. The summed E-state index contributed by atoms with van der Waals surface area (Å²) in [6.45, 7) is -0.0370. The highest BCUT2D eigenvalue weighted by atomic mass is 19.2. The van der Waals surface area contributed by atoms with Gasteiger partial charge in [-0.2, -0.15) is 5.10 Å². The predicted octanol–water partition coefficient (Wildman–Crippen LogP) is 2.92. The monoisotopic (exact) mass is 464 g/mol. The number of hydrogen-bond donors (Lipinski definition) is 4. The number of nitrogen functional groups attached to an aromatic ring is 1. The van der Waals surface area contributed by atoms with Crippen molar-refractivity contribution < 1.29 is 18.4 Å². The number of carbonyl (C=O) groups excluding carboxylic acids is 1. The summed E-state index contributed by atoms with van der Waals surface area (Å²) in [5.74, 6) is -2.05. The molecule has 5 N–H and O–H groups in total. The topological polar surface area (TPSA) is 136 Å². The second-order valence-electron chi connectivity index (χ2n) is 7.40. The first-order valence-corrected chi connectivity index (χ1v) is 10.2. The van der Waals surface area contributed by atoms with Gasteiger partial charge >= 0.3 is 0 Å². The van der Waals surface area contributed by atoms with E-state index in [0.717, 1.165) is 6.07 Å². The predicted molar refractivity (Wildman–Crippen MR) is 118 cm³/mol. The number of hydrogen-bond acceptors (Lipinski definition) is 7. The number of nitrogens with two attached hydrogens (primary N) is 1. The number of aromatic nitrogens is 5. The van der Waals surface area contributed by atoms with Gasteiger partial charge in [0.1, 0.15) is 29.4 Å². The molecule has 0 fully saturated rings. The number of benzene rings is 1. The second kappa shape index (κ2) is 8.75. The number of H-pyrrole nitrogens is 1. The third kappa shape index (κ3) is 4.09. The van der Waals surface area contributed by atoms with E-state index < -0.39 is 17.5 Å². The van der Waals surface area contributed by atoms with Crippen molar-refractivity contribution in [1.82, 2.24) is 30.2 Å². The number of amides is 1. The van der Waals surface area contributed by atoms with E-state index >= 15 is 0 Å². The van der Waals surface area contributed by atoms with Gasteiger partial charge in [0, 0.05) is 11.8 Å². The zero-order valence-corrected chi connectivity index (χ0v) is 17.5. The maximum Gasteiger partial charge on any atom is 0.272 e. The molecule has 10 nitrogen and oxygen atoms in total. The number of nitrogens with one attached hydrogen (secondary N) is 3. The Morgan fingerprint density at radius 2 is 2.15 bits per heavy atom. The Hall–Kier alpha value is -4.58. The average Bonchev–Trinajstić information content (AvgIpc) is 3.60. The summed E-state index contributed by atoms with van der Waals surface area (Å²) in [6, 6.07) is 8.59. The van der Waals surface area contributed by atoms with Crippen molar-refractivity contribution in [3.05, 3.63) is 89.7 Å². The SMILES string of the molecule is Nc1nc(-c2cc(C3C=CON3)n(Cc3cccc(F)c3F)n2)ncc1NC(=O)c1ccc[nH]1. The number of anilines is 2. The van der Waals surface area contributed by atoms with Crippen LogP contribution >= 0.6 is 0 Å². The van der Waals surface area contributed by atoms with Crippen LogP contribution in [-0.2, 0) is 11.4 Å². The van der Waals surface area contributed by atoms with Gasteiger partial charge in [-0.3, -0.25) is 9.48 Å². The van der Waals surface area contributed by atoms with Gasteiger partial charge in [0.25, 0.3) is 5.91 Å². The maximum atomic E-state index is 14.3.